The van der Waals surface area contributed by atoms with E-state index in [1.807, 2.05) is 31.0 Å². The number of hydrogen-bond acceptors (Lipinski definition) is 14. The van der Waals surface area contributed by atoms with Crippen LogP contribution in [-0.4, -0.2) is 92.7 Å². The molecule has 1 aliphatic heterocycles. The number of ether oxygens (including phenoxy) is 4. The fourth-order valence-electron chi connectivity index (χ4n) is 7.95. The Kier molecular flexibility index (Phi) is 19.7. The van der Waals surface area contributed by atoms with Crippen molar-refractivity contribution in [2.75, 3.05) is 38.4 Å². The Labute approximate surface area is 418 Å². The van der Waals surface area contributed by atoms with Gasteiger partial charge in [-0.05, 0) is 73.4 Å². The SMILES string of the molecule is CCCCCC(C(=O)NCNC(=O)c1ccc(-c2ccc(C(=O)NC(CC(=O)OCc3ccccc3)C(=O)OCc3ccccc3)c(OCC)c2)o1)[C@@H](CC)N(C=O)OC(=O)c1ccc2c(c1)N(C)CCO2. The zero-order valence-corrected chi connectivity index (χ0v) is 40.9. The number of likely N-dealkylation sites (N-methyl/N-ethyl adjacent to an activating group) is 1. The van der Waals surface area contributed by atoms with Gasteiger partial charge >= 0.3 is 17.9 Å². The minimum Gasteiger partial charge on any atom is -0.493 e. The lowest BCUT2D eigenvalue weighted by atomic mass is 9.90. The Balaban J connectivity index is 1.08. The first-order chi connectivity index (χ1) is 34.9. The van der Waals surface area contributed by atoms with Crippen LogP contribution in [0.1, 0.15) is 102 Å². The van der Waals surface area contributed by atoms with Crippen molar-refractivity contribution in [3.8, 4) is 22.8 Å². The lowest BCUT2D eigenvalue weighted by Gasteiger charge is -2.32. The molecule has 2 unspecified atom stereocenters. The van der Waals surface area contributed by atoms with Crippen molar-refractivity contribution >= 4 is 47.7 Å². The van der Waals surface area contributed by atoms with E-state index in [-0.39, 0.29) is 61.3 Å². The van der Waals surface area contributed by atoms with Crippen molar-refractivity contribution < 1.29 is 61.8 Å². The van der Waals surface area contributed by atoms with E-state index in [0.717, 1.165) is 23.5 Å². The number of hydrogen-bond donors (Lipinski definition) is 3. The Bertz CT molecular complexity index is 2640. The number of furan rings is 1. The van der Waals surface area contributed by atoms with Crippen LogP contribution in [0, 0.1) is 5.92 Å². The second kappa shape index (κ2) is 26.7. The summed E-state index contributed by atoms with van der Waals surface area (Å²) in [6.45, 7) is 6.44. The van der Waals surface area contributed by atoms with Crippen LogP contribution in [-0.2, 0) is 46.7 Å². The molecular weight excluding hydrogens is 927 g/mol. The van der Waals surface area contributed by atoms with Gasteiger partial charge in [-0.25, -0.2) is 9.59 Å². The Morgan fingerprint density at radius 1 is 0.806 bits per heavy atom. The Hall–Kier alpha value is -8.15. The van der Waals surface area contributed by atoms with Gasteiger partial charge in [0, 0.05) is 12.6 Å². The maximum atomic E-state index is 13.8. The van der Waals surface area contributed by atoms with Crippen LogP contribution in [0.15, 0.2) is 114 Å². The molecule has 3 atom stereocenters. The van der Waals surface area contributed by atoms with Crippen molar-refractivity contribution in [2.24, 2.45) is 5.92 Å². The van der Waals surface area contributed by atoms with E-state index in [4.69, 9.17) is 28.2 Å². The lowest BCUT2D eigenvalue weighted by Crippen LogP contribution is -2.49. The van der Waals surface area contributed by atoms with Gasteiger partial charge in [-0.3, -0.25) is 24.0 Å². The van der Waals surface area contributed by atoms with Gasteiger partial charge in [0.2, 0.25) is 12.3 Å². The van der Waals surface area contributed by atoms with E-state index >= 15 is 0 Å². The number of amides is 4. The fourth-order valence-corrected chi connectivity index (χ4v) is 7.95. The zero-order valence-electron chi connectivity index (χ0n) is 40.9. The molecule has 0 fully saturated rings. The quantitative estimate of drug-likeness (QED) is 0.0165. The molecule has 4 aromatic carbocycles. The van der Waals surface area contributed by atoms with Gasteiger partial charge in [0.15, 0.2) is 5.76 Å². The number of anilines is 1. The average molecular weight is 988 g/mol. The first kappa shape index (κ1) is 53.2. The second-order valence-corrected chi connectivity index (χ2v) is 16.9. The number of rotatable bonds is 26. The molecule has 1 aromatic heterocycles. The van der Waals surface area contributed by atoms with E-state index in [9.17, 15) is 33.6 Å². The summed E-state index contributed by atoms with van der Waals surface area (Å²) in [6, 6.07) is 28.2. The van der Waals surface area contributed by atoms with Crippen LogP contribution in [0.25, 0.3) is 11.3 Å². The third-order valence-corrected chi connectivity index (χ3v) is 11.8. The smallest absolute Gasteiger partial charge is 0.363 e. The van der Waals surface area contributed by atoms with Crippen molar-refractivity contribution in [3.05, 3.63) is 137 Å². The number of fused-ring (bicyclic) bond motifs is 1. The van der Waals surface area contributed by atoms with Crippen molar-refractivity contribution in [1.82, 2.24) is 21.0 Å². The molecule has 6 rings (SSSR count). The van der Waals surface area contributed by atoms with Gasteiger partial charge in [-0.1, -0.05) is 99.8 Å². The van der Waals surface area contributed by atoms with E-state index in [2.05, 4.69) is 16.0 Å². The first-order valence-corrected chi connectivity index (χ1v) is 24.0. The van der Waals surface area contributed by atoms with Crippen LogP contribution >= 0.6 is 0 Å². The largest absolute Gasteiger partial charge is 0.493 e. The Morgan fingerprint density at radius 3 is 2.21 bits per heavy atom. The topological polar surface area (TPSA) is 221 Å². The first-order valence-electron chi connectivity index (χ1n) is 24.0. The minimum atomic E-state index is -1.41. The number of nitrogens with one attached hydrogen (secondary N) is 3. The predicted molar refractivity (Wildman–Crippen MR) is 264 cm³/mol. The van der Waals surface area contributed by atoms with Crippen LogP contribution in [0.2, 0.25) is 0 Å². The van der Waals surface area contributed by atoms with Crippen LogP contribution in [0.3, 0.4) is 0 Å². The normalized spacial score (nSPS) is 12.9. The number of nitrogens with zero attached hydrogens (tertiary/aromatic N) is 2. The maximum Gasteiger partial charge on any atom is 0.363 e. The molecule has 1 aliphatic rings. The van der Waals surface area contributed by atoms with Gasteiger partial charge in [0.1, 0.15) is 43.1 Å². The van der Waals surface area contributed by atoms with Crippen LogP contribution < -0.4 is 30.3 Å². The van der Waals surface area contributed by atoms with Crippen molar-refractivity contribution in [1.29, 1.82) is 0 Å². The van der Waals surface area contributed by atoms with Crippen molar-refractivity contribution in [2.45, 2.75) is 84.6 Å². The minimum absolute atomic E-state index is 0.0298. The molecule has 4 amide bonds. The molecule has 0 bridgehead atoms. The maximum absolute atomic E-state index is 13.8. The second-order valence-electron chi connectivity index (χ2n) is 16.9. The molecular formula is C54H61N5O13. The highest BCUT2D eigenvalue weighted by Crippen LogP contribution is 2.33. The number of benzene rings is 4. The highest BCUT2D eigenvalue weighted by molar-refractivity contribution is 6.00. The summed E-state index contributed by atoms with van der Waals surface area (Å²) in [5.74, 6) is -4.04. The average Bonchev–Trinajstić information content (AvgIpc) is 3.90. The van der Waals surface area contributed by atoms with Crippen LogP contribution in [0.5, 0.6) is 11.5 Å². The van der Waals surface area contributed by atoms with Crippen LogP contribution in [0.4, 0.5) is 5.69 Å². The molecule has 0 aliphatic carbocycles. The zero-order chi connectivity index (χ0) is 51.4. The molecule has 380 valence electrons. The highest BCUT2D eigenvalue weighted by Gasteiger charge is 2.34. The monoisotopic (exact) mass is 987 g/mol. The van der Waals surface area contributed by atoms with E-state index in [1.165, 1.54) is 12.1 Å². The standard InChI is InChI=1S/C54H61N5O13/c1-5-8-11-20-40(43(6-2)59(35-60)72-53(65)39-22-24-46-44(29-39)58(4)27-28-68-46)50(62)55-34-56-52(64)47-26-25-45(71-47)38-21-23-41(48(30-38)67-7-3)51(63)57-42(54(66)70-33-37-18-14-10-15-19-37)31-49(61)69-32-36-16-12-9-13-17-36/h9-10,12-19,21-26,29-30,35,40,42-43H,5-8,11,20,27-28,31-34H2,1-4H3,(H,55,62)(H,56,64)(H,57,63)/t40?,42?,43-/m1/s1. The Morgan fingerprint density at radius 2 is 1.53 bits per heavy atom. The highest BCUT2D eigenvalue weighted by atomic mass is 16.7. The summed E-state index contributed by atoms with van der Waals surface area (Å²) in [7, 11) is 1.88. The summed E-state index contributed by atoms with van der Waals surface area (Å²) < 4.78 is 28.3. The molecule has 18 heteroatoms. The molecule has 72 heavy (non-hydrogen) atoms. The van der Waals surface area contributed by atoms with E-state index in [1.54, 1.807) is 98.8 Å². The number of unbranched alkanes of at least 4 members (excludes halogenated alkanes) is 2. The molecule has 0 spiro atoms. The summed E-state index contributed by atoms with van der Waals surface area (Å²) in [4.78, 5) is 101. The lowest BCUT2D eigenvalue weighted by molar-refractivity contribution is -0.171. The number of esters is 2. The molecule has 18 nitrogen and oxygen atoms in total. The summed E-state index contributed by atoms with van der Waals surface area (Å²) in [5.41, 5.74) is 2.86. The molecule has 2 heterocycles. The fraction of sp³-hybridized carbons (Fsp3) is 0.352. The third kappa shape index (κ3) is 14.7. The number of carbonyl (C=O) groups is 7. The molecule has 5 aromatic rings. The van der Waals surface area contributed by atoms with Gasteiger partial charge in [-0.2, -0.15) is 5.06 Å². The van der Waals surface area contributed by atoms with E-state index < -0.39 is 60.1 Å². The summed E-state index contributed by atoms with van der Waals surface area (Å²) in [5, 5.41) is 8.89. The molecule has 0 saturated heterocycles. The van der Waals surface area contributed by atoms with Gasteiger partial charge in [0.05, 0.1) is 55.0 Å². The molecule has 0 radical (unpaired) electrons. The number of hydroxylamine groups is 2. The number of carbonyl (C=O) groups excluding carboxylic acids is 7. The summed E-state index contributed by atoms with van der Waals surface area (Å²) >= 11 is 0. The summed E-state index contributed by atoms with van der Waals surface area (Å²) in [6.07, 6.45) is 2.93. The van der Waals surface area contributed by atoms with Gasteiger partial charge in [-0.15, -0.1) is 0 Å². The molecule has 3 N–H and O–H groups in total. The predicted octanol–water partition coefficient (Wildman–Crippen LogP) is 7.16. The molecule has 0 saturated carbocycles. The van der Waals surface area contributed by atoms with Crippen molar-refractivity contribution in [3.63, 3.8) is 0 Å². The van der Waals surface area contributed by atoms with Gasteiger partial charge in [0.25, 0.3) is 11.8 Å². The third-order valence-electron chi connectivity index (χ3n) is 11.8. The van der Waals surface area contributed by atoms with Gasteiger partial charge < -0.3 is 49.1 Å². The van der Waals surface area contributed by atoms with E-state index in [0.29, 0.717) is 55.0 Å².